The summed E-state index contributed by atoms with van der Waals surface area (Å²) in [6.45, 7) is 0.806. The Morgan fingerprint density at radius 3 is 2.66 bits per heavy atom. The van der Waals surface area contributed by atoms with Gasteiger partial charge in [0.15, 0.2) is 0 Å². The maximum absolute atomic E-state index is 13.2. The molecule has 4 aromatic rings. The molecule has 0 saturated heterocycles. The van der Waals surface area contributed by atoms with Gasteiger partial charge in [0, 0.05) is 29.9 Å². The van der Waals surface area contributed by atoms with Crippen molar-refractivity contribution in [3.05, 3.63) is 96.3 Å². The smallest absolute Gasteiger partial charge is 0.277 e. The molecule has 0 saturated carbocycles. The van der Waals surface area contributed by atoms with E-state index in [1.165, 1.54) is 29.8 Å². The van der Waals surface area contributed by atoms with Crippen LogP contribution in [0, 0.1) is 0 Å². The van der Waals surface area contributed by atoms with Crippen LogP contribution in [0.4, 0.5) is 11.4 Å². The molecular formula is C26H26N4O3S2. The fourth-order valence-electron chi connectivity index (χ4n) is 3.50. The van der Waals surface area contributed by atoms with Crippen LogP contribution < -0.4 is 11.1 Å². The molecule has 2 aromatic carbocycles. The topological polar surface area (TPSA) is 97.4 Å². The number of para-hydroxylation sites is 2. The highest BCUT2D eigenvalue weighted by Crippen LogP contribution is 2.32. The molecule has 0 radical (unpaired) electrons. The first-order valence-electron chi connectivity index (χ1n) is 10.8. The van der Waals surface area contributed by atoms with E-state index in [4.69, 9.17) is 5.73 Å². The summed E-state index contributed by atoms with van der Waals surface area (Å²) < 4.78 is 27.7. The second kappa shape index (κ2) is 10.3. The van der Waals surface area contributed by atoms with E-state index < -0.39 is 10.0 Å². The molecule has 0 spiro atoms. The largest absolute Gasteiger partial charge is 0.397 e. The summed E-state index contributed by atoms with van der Waals surface area (Å²) in [5.41, 5.74) is 9.54. The summed E-state index contributed by atoms with van der Waals surface area (Å²) in [6, 6.07) is 20.1. The number of nitrogens with two attached hydrogens (primary N) is 1. The highest BCUT2D eigenvalue weighted by molar-refractivity contribution is 7.92. The van der Waals surface area contributed by atoms with Gasteiger partial charge >= 0.3 is 0 Å². The molecule has 0 aliphatic heterocycles. The van der Waals surface area contributed by atoms with E-state index in [0.29, 0.717) is 16.9 Å². The van der Waals surface area contributed by atoms with Crippen LogP contribution >= 0.6 is 11.3 Å². The minimum atomic E-state index is -3.75. The van der Waals surface area contributed by atoms with Gasteiger partial charge in [-0.3, -0.25) is 4.79 Å². The average molecular weight is 507 g/mol. The lowest BCUT2D eigenvalue weighted by atomic mass is 10.1. The number of thiophene rings is 1. The van der Waals surface area contributed by atoms with Crippen LogP contribution in [0.3, 0.4) is 0 Å². The lowest BCUT2D eigenvalue weighted by molar-refractivity contribution is -0.111. The van der Waals surface area contributed by atoms with Crippen molar-refractivity contribution in [3.8, 4) is 10.4 Å². The predicted molar refractivity (Wildman–Crippen MR) is 143 cm³/mol. The highest BCUT2D eigenvalue weighted by Gasteiger charge is 2.19. The maximum Gasteiger partial charge on any atom is 0.277 e. The molecule has 0 aliphatic rings. The summed E-state index contributed by atoms with van der Waals surface area (Å²) in [6.07, 6.45) is 5.84. The van der Waals surface area contributed by atoms with Crippen LogP contribution in [0.5, 0.6) is 0 Å². The number of carbonyl (C=O) groups excluding carboxylic acids is 1. The molecule has 0 fully saturated rings. The number of rotatable bonds is 8. The summed E-state index contributed by atoms with van der Waals surface area (Å²) in [5.74, 6) is -0.363. The number of carbonyl (C=O) groups is 1. The average Bonchev–Trinajstić information content (AvgIpc) is 3.50. The Kier molecular flexibility index (Phi) is 7.20. The lowest BCUT2D eigenvalue weighted by Gasteiger charge is -2.10. The summed E-state index contributed by atoms with van der Waals surface area (Å²) in [7, 11) is 0.266. The number of aromatic nitrogens is 1. The van der Waals surface area contributed by atoms with Gasteiger partial charge in [0.2, 0.25) is 5.91 Å². The normalized spacial score (nSPS) is 11.9. The first-order valence-corrected chi connectivity index (χ1v) is 13.1. The van der Waals surface area contributed by atoms with Crippen molar-refractivity contribution in [3.63, 3.8) is 0 Å². The first kappa shape index (κ1) is 24.5. The van der Waals surface area contributed by atoms with Crippen molar-refractivity contribution in [2.24, 2.45) is 0 Å². The number of nitrogens with one attached hydrogen (secondary N) is 1. The van der Waals surface area contributed by atoms with Gasteiger partial charge in [0.05, 0.1) is 11.4 Å². The molecule has 1 amide bonds. The number of hydrogen-bond acceptors (Lipinski definition) is 6. The fourth-order valence-corrected chi connectivity index (χ4v) is 6.12. The zero-order valence-electron chi connectivity index (χ0n) is 19.4. The van der Waals surface area contributed by atoms with E-state index in [2.05, 4.69) is 22.3 Å². The minimum Gasteiger partial charge on any atom is -0.397 e. The third-order valence-electron chi connectivity index (χ3n) is 5.16. The van der Waals surface area contributed by atoms with E-state index in [-0.39, 0.29) is 10.1 Å². The molecule has 35 heavy (non-hydrogen) atoms. The van der Waals surface area contributed by atoms with Gasteiger partial charge < -0.3 is 16.0 Å². The quantitative estimate of drug-likeness (QED) is 0.266. The van der Waals surface area contributed by atoms with Crippen molar-refractivity contribution < 1.29 is 13.2 Å². The minimum absolute atomic E-state index is 0.244. The van der Waals surface area contributed by atoms with E-state index in [0.717, 1.165) is 26.5 Å². The lowest BCUT2D eigenvalue weighted by Crippen LogP contribution is -2.10. The van der Waals surface area contributed by atoms with Crippen molar-refractivity contribution in [2.75, 3.05) is 25.1 Å². The Hall–Kier alpha value is -3.66. The van der Waals surface area contributed by atoms with Gasteiger partial charge in [0.1, 0.15) is 4.21 Å². The number of amides is 1. The Morgan fingerprint density at radius 2 is 1.89 bits per heavy atom. The zero-order chi connectivity index (χ0) is 25.0. The van der Waals surface area contributed by atoms with Crippen molar-refractivity contribution >= 4 is 44.7 Å². The number of hydrogen-bond donors (Lipinski definition) is 2. The molecule has 0 bridgehead atoms. The molecule has 0 aliphatic carbocycles. The molecule has 7 nitrogen and oxygen atoms in total. The van der Waals surface area contributed by atoms with Crippen molar-refractivity contribution in [2.45, 2.75) is 10.8 Å². The van der Waals surface area contributed by atoms with Crippen LogP contribution in [0.25, 0.3) is 16.5 Å². The molecule has 3 N–H and O–H groups in total. The van der Waals surface area contributed by atoms with Gasteiger partial charge in [-0.25, -0.2) is 3.97 Å². The Labute approximate surface area is 209 Å². The predicted octanol–water partition coefficient (Wildman–Crippen LogP) is 4.75. The van der Waals surface area contributed by atoms with Crippen LogP contribution in [-0.2, 0) is 21.4 Å². The fraction of sp³-hybridized carbons (Fsp3) is 0.115. The summed E-state index contributed by atoms with van der Waals surface area (Å²) in [4.78, 5) is 15.2. The van der Waals surface area contributed by atoms with Crippen molar-refractivity contribution in [1.29, 1.82) is 0 Å². The molecule has 2 heterocycles. The molecule has 2 aromatic heterocycles. The maximum atomic E-state index is 13.2. The first-order chi connectivity index (χ1) is 16.7. The third-order valence-corrected chi connectivity index (χ3v) is 8.40. The second-order valence-electron chi connectivity index (χ2n) is 8.25. The molecule has 9 heteroatoms. The van der Waals surface area contributed by atoms with Gasteiger partial charge in [0.25, 0.3) is 10.0 Å². The van der Waals surface area contributed by atoms with Gasteiger partial charge in [-0.15, -0.1) is 11.3 Å². The molecule has 180 valence electrons. The monoisotopic (exact) mass is 506 g/mol. The van der Waals surface area contributed by atoms with E-state index >= 15 is 0 Å². The van der Waals surface area contributed by atoms with E-state index in [1.54, 1.807) is 42.5 Å². The van der Waals surface area contributed by atoms with E-state index in [1.807, 2.05) is 32.3 Å². The highest BCUT2D eigenvalue weighted by atomic mass is 32.2. The van der Waals surface area contributed by atoms with Gasteiger partial charge in [-0.1, -0.05) is 30.3 Å². The molecular weight excluding hydrogens is 480 g/mol. The van der Waals surface area contributed by atoms with Crippen LogP contribution in [0.2, 0.25) is 0 Å². The van der Waals surface area contributed by atoms with Crippen LogP contribution in [0.1, 0.15) is 11.1 Å². The zero-order valence-corrected chi connectivity index (χ0v) is 21.0. The second-order valence-corrected chi connectivity index (χ2v) is 11.4. The SMILES string of the molecule is CN(C)Cc1cccc(-c2ccc(S(=O)(=O)n3ccc(/C=C/C(=O)Nc4ccccc4N)c3)s2)c1. The van der Waals surface area contributed by atoms with E-state index in [9.17, 15) is 13.2 Å². The standard InChI is InChI=1S/C26H26N4O3S2/c1-29(2)17-20-6-5-7-21(16-20)24-11-13-26(34-24)35(32,33)30-15-14-19(18-30)10-12-25(31)28-23-9-4-3-8-22(23)27/h3-16,18H,17,27H2,1-2H3,(H,28,31)/b12-10+. The van der Waals surface area contributed by atoms with Crippen LogP contribution in [-0.4, -0.2) is 37.3 Å². The number of nitrogen functional groups attached to an aromatic ring is 1. The Morgan fingerprint density at radius 1 is 1.09 bits per heavy atom. The van der Waals surface area contributed by atoms with Gasteiger partial charge in [-0.05, 0) is 73.3 Å². The summed E-state index contributed by atoms with van der Waals surface area (Å²) >= 11 is 1.23. The molecule has 0 atom stereocenters. The molecule has 0 unspecified atom stereocenters. The van der Waals surface area contributed by atoms with Gasteiger partial charge in [-0.2, -0.15) is 8.42 Å². The number of anilines is 2. The van der Waals surface area contributed by atoms with Crippen molar-refractivity contribution in [1.82, 2.24) is 8.87 Å². The Bertz CT molecular complexity index is 1480. The third kappa shape index (κ3) is 5.89. The summed E-state index contributed by atoms with van der Waals surface area (Å²) in [5, 5.41) is 2.70. The Balaban J connectivity index is 1.48. The molecule has 4 rings (SSSR count). The number of nitrogens with zero attached hydrogens (tertiary/aromatic N) is 2. The number of benzene rings is 2. The van der Waals surface area contributed by atoms with Crippen LogP contribution in [0.15, 0.2) is 89.4 Å².